The van der Waals surface area contributed by atoms with E-state index < -0.39 is 12.6 Å². The maximum absolute atomic E-state index is 12.2. The predicted molar refractivity (Wildman–Crippen MR) is 83.0 cm³/mol. The number of halogens is 3. The van der Waals surface area contributed by atoms with Crippen LogP contribution in [0, 0.1) is 0 Å². The van der Waals surface area contributed by atoms with Crippen LogP contribution in [-0.4, -0.2) is 39.4 Å². The average molecular weight is 333 g/mol. The van der Waals surface area contributed by atoms with E-state index >= 15 is 0 Å². The van der Waals surface area contributed by atoms with Gasteiger partial charge in [-0.05, 0) is 19.1 Å². The molecule has 0 fully saturated rings. The number of hydrogen-bond donors (Lipinski definition) is 2. The molecule has 0 radical (unpaired) electrons. The predicted octanol–water partition coefficient (Wildman–Crippen LogP) is 2.71. The SMILES string of the molecule is CCNC(=NCc1ccc(OC)cc1OC)NCCC(F)(F)F. The Morgan fingerprint density at radius 1 is 1.17 bits per heavy atom. The van der Waals surface area contributed by atoms with Crippen LogP contribution in [0.4, 0.5) is 13.2 Å². The molecule has 0 aliphatic rings. The Morgan fingerprint density at radius 3 is 2.48 bits per heavy atom. The van der Waals surface area contributed by atoms with Gasteiger partial charge in [0.1, 0.15) is 11.5 Å². The highest BCUT2D eigenvalue weighted by molar-refractivity contribution is 5.79. The summed E-state index contributed by atoms with van der Waals surface area (Å²) in [6.07, 6.45) is -5.10. The third-order valence-electron chi connectivity index (χ3n) is 2.95. The van der Waals surface area contributed by atoms with Crippen molar-refractivity contribution >= 4 is 5.96 Å². The first-order chi connectivity index (χ1) is 10.9. The summed E-state index contributed by atoms with van der Waals surface area (Å²) in [5.41, 5.74) is 0.807. The van der Waals surface area contributed by atoms with Gasteiger partial charge in [-0.15, -0.1) is 0 Å². The van der Waals surface area contributed by atoms with Crippen LogP contribution in [0.1, 0.15) is 18.9 Å². The third kappa shape index (κ3) is 7.12. The molecular formula is C15H22F3N3O2. The highest BCUT2D eigenvalue weighted by Gasteiger charge is 2.26. The van der Waals surface area contributed by atoms with Crippen molar-refractivity contribution in [2.24, 2.45) is 4.99 Å². The summed E-state index contributed by atoms with van der Waals surface area (Å²) < 4.78 is 46.9. The van der Waals surface area contributed by atoms with Gasteiger partial charge in [0.15, 0.2) is 5.96 Å². The quantitative estimate of drug-likeness (QED) is 0.595. The zero-order chi connectivity index (χ0) is 17.3. The zero-order valence-electron chi connectivity index (χ0n) is 13.5. The van der Waals surface area contributed by atoms with Gasteiger partial charge in [0.25, 0.3) is 0 Å². The summed E-state index contributed by atoms with van der Waals surface area (Å²) in [6.45, 7) is 2.44. The van der Waals surface area contributed by atoms with E-state index in [9.17, 15) is 13.2 Å². The second-order valence-electron chi connectivity index (χ2n) is 4.66. The molecule has 1 aromatic rings. The Kier molecular flexibility index (Phi) is 7.50. The summed E-state index contributed by atoms with van der Waals surface area (Å²) in [7, 11) is 3.09. The second-order valence-corrected chi connectivity index (χ2v) is 4.66. The van der Waals surface area contributed by atoms with Gasteiger partial charge in [-0.3, -0.25) is 0 Å². The summed E-state index contributed by atoms with van der Waals surface area (Å²) in [4.78, 5) is 4.27. The standard InChI is InChI=1S/C15H22F3N3O2/c1-4-19-14(20-8-7-15(16,17)18)21-10-11-5-6-12(22-2)9-13(11)23-3/h5-6,9H,4,7-8,10H2,1-3H3,(H2,19,20,21). The van der Waals surface area contributed by atoms with Crippen molar-refractivity contribution in [3.8, 4) is 11.5 Å². The van der Waals surface area contributed by atoms with Crippen LogP contribution in [0.3, 0.4) is 0 Å². The summed E-state index contributed by atoms with van der Waals surface area (Å²) in [6, 6.07) is 5.31. The fraction of sp³-hybridized carbons (Fsp3) is 0.533. The highest BCUT2D eigenvalue weighted by Crippen LogP contribution is 2.25. The first-order valence-electron chi connectivity index (χ1n) is 7.19. The van der Waals surface area contributed by atoms with Crippen LogP contribution >= 0.6 is 0 Å². The van der Waals surface area contributed by atoms with Crippen molar-refractivity contribution in [3.63, 3.8) is 0 Å². The third-order valence-corrected chi connectivity index (χ3v) is 2.95. The maximum Gasteiger partial charge on any atom is 0.390 e. The average Bonchev–Trinajstić information content (AvgIpc) is 2.51. The van der Waals surface area contributed by atoms with Gasteiger partial charge >= 0.3 is 6.18 Å². The number of alkyl halides is 3. The number of nitrogens with zero attached hydrogens (tertiary/aromatic N) is 1. The van der Waals surface area contributed by atoms with Gasteiger partial charge in [-0.2, -0.15) is 13.2 Å². The van der Waals surface area contributed by atoms with Crippen molar-refractivity contribution in [2.45, 2.75) is 26.1 Å². The Morgan fingerprint density at radius 2 is 1.91 bits per heavy atom. The van der Waals surface area contributed by atoms with Crippen molar-refractivity contribution < 1.29 is 22.6 Å². The summed E-state index contributed by atoms with van der Waals surface area (Å²) >= 11 is 0. The number of ether oxygens (including phenoxy) is 2. The smallest absolute Gasteiger partial charge is 0.390 e. The molecule has 1 rings (SSSR count). The first-order valence-corrected chi connectivity index (χ1v) is 7.19. The highest BCUT2D eigenvalue weighted by atomic mass is 19.4. The van der Waals surface area contributed by atoms with Crippen molar-refractivity contribution in [1.82, 2.24) is 10.6 Å². The first kappa shape index (κ1) is 18.9. The van der Waals surface area contributed by atoms with Gasteiger partial charge in [-0.25, -0.2) is 4.99 Å². The molecule has 0 bridgehead atoms. The molecule has 8 heteroatoms. The van der Waals surface area contributed by atoms with E-state index in [4.69, 9.17) is 9.47 Å². The minimum absolute atomic E-state index is 0.227. The lowest BCUT2D eigenvalue weighted by Crippen LogP contribution is -2.38. The van der Waals surface area contributed by atoms with Crippen molar-refractivity contribution in [3.05, 3.63) is 23.8 Å². The van der Waals surface area contributed by atoms with Crippen LogP contribution in [0.2, 0.25) is 0 Å². The fourth-order valence-corrected chi connectivity index (χ4v) is 1.81. The summed E-state index contributed by atoms with van der Waals surface area (Å²) in [5.74, 6) is 1.60. The maximum atomic E-state index is 12.2. The monoisotopic (exact) mass is 333 g/mol. The van der Waals surface area contributed by atoms with Crippen LogP contribution in [0.5, 0.6) is 11.5 Å². The topological polar surface area (TPSA) is 54.9 Å². The molecule has 1 aromatic carbocycles. The lowest BCUT2D eigenvalue weighted by molar-refractivity contribution is -0.132. The molecule has 23 heavy (non-hydrogen) atoms. The largest absolute Gasteiger partial charge is 0.497 e. The molecule has 130 valence electrons. The van der Waals surface area contributed by atoms with Crippen LogP contribution in [0.15, 0.2) is 23.2 Å². The van der Waals surface area contributed by atoms with Gasteiger partial charge in [-0.1, -0.05) is 0 Å². The minimum Gasteiger partial charge on any atom is -0.497 e. The Bertz CT molecular complexity index is 519. The number of aliphatic imine (C=N–C) groups is 1. The van der Waals surface area contributed by atoms with E-state index in [1.165, 1.54) is 7.11 Å². The van der Waals surface area contributed by atoms with E-state index in [-0.39, 0.29) is 13.1 Å². The van der Waals surface area contributed by atoms with E-state index in [0.29, 0.717) is 24.0 Å². The van der Waals surface area contributed by atoms with Crippen molar-refractivity contribution in [1.29, 1.82) is 0 Å². The van der Waals surface area contributed by atoms with E-state index in [1.807, 2.05) is 6.92 Å². The van der Waals surface area contributed by atoms with E-state index in [2.05, 4.69) is 15.6 Å². The molecule has 0 aliphatic carbocycles. The molecule has 5 nitrogen and oxygen atoms in total. The molecule has 0 heterocycles. The Hall–Kier alpha value is -2.12. The molecule has 0 saturated carbocycles. The van der Waals surface area contributed by atoms with E-state index in [1.54, 1.807) is 25.3 Å². The molecule has 2 N–H and O–H groups in total. The second kappa shape index (κ2) is 9.12. The molecular weight excluding hydrogens is 311 g/mol. The van der Waals surface area contributed by atoms with Gasteiger partial charge in [0, 0.05) is 24.7 Å². The van der Waals surface area contributed by atoms with Crippen LogP contribution in [-0.2, 0) is 6.54 Å². The Labute approximate surface area is 133 Å². The number of rotatable bonds is 7. The molecule has 0 amide bonds. The Balaban J connectivity index is 2.73. The molecule has 0 aliphatic heterocycles. The molecule has 0 atom stereocenters. The normalized spacial score (nSPS) is 12.0. The zero-order valence-corrected chi connectivity index (χ0v) is 13.5. The van der Waals surface area contributed by atoms with Crippen LogP contribution < -0.4 is 20.1 Å². The summed E-state index contributed by atoms with van der Waals surface area (Å²) in [5, 5.41) is 5.57. The van der Waals surface area contributed by atoms with E-state index in [0.717, 1.165) is 5.56 Å². The van der Waals surface area contributed by atoms with Gasteiger partial charge in [0.05, 0.1) is 27.2 Å². The fourth-order valence-electron chi connectivity index (χ4n) is 1.81. The number of methoxy groups -OCH3 is 2. The lowest BCUT2D eigenvalue weighted by Gasteiger charge is -2.13. The number of benzene rings is 1. The van der Waals surface area contributed by atoms with Crippen molar-refractivity contribution in [2.75, 3.05) is 27.3 Å². The minimum atomic E-state index is -4.19. The number of hydrogen-bond acceptors (Lipinski definition) is 3. The molecule has 0 aromatic heterocycles. The van der Waals surface area contributed by atoms with Gasteiger partial charge in [0.2, 0.25) is 0 Å². The van der Waals surface area contributed by atoms with Crippen LogP contribution in [0.25, 0.3) is 0 Å². The van der Waals surface area contributed by atoms with Gasteiger partial charge < -0.3 is 20.1 Å². The lowest BCUT2D eigenvalue weighted by atomic mass is 10.2. The molecule has 0 unspecified atom stereocenters. The number of guanidine groups is 1. The molecule has 0 spiro atoms. The number of nitrogens with one attached hydrogen (secondary N) is 2. The molecule has 0 saturated heterocycles.